The SMILES string of the molecule is Cc1ccc(S(=O)(=O)N(C)CC(=O)N(Cc2ccco2)c2ccccc2)cc1C. The Kier molecular flexibility index (Phi) is 6.20. The number of para-hydroxylation sites is 1. The molecule has 0 N–H and O–H groups in total. The van der Waals surface area contributed by atoms with E-state index in [2.05, 4.69) is 0 Å². The first-order chi connectivity index (χ1) is 13.8. The fourth-order valence-corrected chi connectivity index (χ4v) is 4.11. The van der Waals surface area contributed by atoms with Gasteiger partial charge in [0, 0.05) is 12.7 Å². The molecule has 0 bridgehead atoms. The van der Waals surface area contributed by atoms with E-state index in [0.717, 1.165) is 15.4 Å². The molecule has 0 atom stereocenters. The summed E-state index contributed by atoms with van der Waals surface area (Å²) in [6.07, 6.45) is 1.54. The maximum absolute atomic E-state index is 13.1. The van der Waals surface area contributed by atoms with E-state index in [1.807, 2.05) is 32.0 Å². The molecule has 29 heavy (non-hydrogen) atoms. The number of amides is 1. The summed E-state index contributed by atoms with van der Waals surface area (Å²) in [7, 11) is -2.37. The van der Waals surface area contributed by atoms with Gasteiger partial charge in [0.1, 0.15) is 5.76 Å². The van der Waals surface area contributed by atoms with E-state index in [1.165, 1.54) is 11.9 Å². The zero-order chi connectivity index (χ0) is 21.0. The van der Waals surface area contributed by atoms with Gasteiger partial charge < -0.3 is 9.32 Å². The zero-order valence-electron chi connectivity index (χ0n) is 16.7. The van der Waals surface area contributed by atoms with Crippen molar-refractivity contribution in [2.75, 3.05) is 18.5 Å². The van der Waals surface area contributed by atoms with Crippen LogP contribution in [0.15, 0.2) is 76.2 Å². The first kappa shape index (κ1) is 20.8. The molecule has 0 spiro atoms. The number of sulfonamides is 1. The van der Waals surface area contributed by atoms with Crippen LogP contribution in [0.4, 0.5) is 5.69 Å². The van der Waals surface area contributed by atoms with Gasteiger partial charge >= 0.3 is 0 Å². The molecule has 1 heterocycles. The summed E-state index contributed by atoms with van der Waals surface area (Å²) in [5.41, 5.74) is 2.57. The van der Waals surface area contributed by atoms with Crippen molar-refractivity contribution in [2.45, 2.75) is 25.3 Å². The Morgan fingerprint density at radius 2 is 1.69 bits per heavy atom. The van der Waals surface area contributed by atoms with Crippen molar-refractivity contribution in [3.63, 3.8) is 0 Å². The minimum atomic E-state index is -3.79. The van der Waals surface area contributed by atoms with Crippen molar-refractivity contribution >= 4 is 21.6 Å². The van der Waals surface area contributed by atoms with Gasteiger partial charge in [-0.05, 0) is 61.4 Å². The van der Waals surface area contributed by atoms with Crippen molar-refractivity contribution in [1.29, 1.82) is 0 Å². The van der Waals surface area contributed by atoms with E-state index >= 15 is 0 Å². The summed E-state index contributed by atoms with van der Waals surface area (Å²) in [6.45, 7) is 3.71. The number of hydrogen-bond acceptors (Lipinski definition) is 4. The third kappa shape index (κ3) is 4.75. The van der Waals surface area contributed by atoms with Crippen molar-refractivity contribution in [3.05, 3.63) is 83.8 Å². The Labute approximate surface area is 171 Å². The molecule has 0 radical (unpaired) electrons. The lowest BCUT2D eigenvalue weighted by Gasteiger charge is -2.25. The molecule has 2 aromatic carbocycles. The molecule has 7 heteroatoms. The summed E-state index contributed by atoms with van der Waals surface area (Å²) in [5, 5.41) is 0. The van der Waals surface area contributed by atoms with Crippen LogP contribution >= 0.6 is 0 Å². The molecule has 0 unspecified atom stereocenters. The van der Waals surface area contributed by atoms with Gasteiger partial charge in [-0.3, -0.25) is 4.79 Å². The Balaban J connectivity index is 1.83. The van der Waals surface area contributed by atoms with Crippen LogP contribution < -0.4 is 4.90 Å². The Morgan fingerprint density at radius 3 is 2.31 bits per heavy atom. The van der Waals surface area contributed by atoms with Crippen LogP contribution in [0.25, 0.3) is 0 Å². The monoisotopic (exact) mass is 412 g/mol. The summed E-state index contributed by atoms with van der Waals surface area (Å²) < 4.78 is 32.3. The Hall–Kier alpha value is -2.90. The van der Waals surface area contributed by atoms with Crippen LogP contribution in [0.3, 0.4) is 0 Å². The summed E-state index contributed by atoms with van der Waals surface area (Å²) >= 11 is 0. The summed E-state index contributed by atoms with van der Waals surface area (Å²) in [6, 6.07) is 17.6. The minimum absolute atomic E-state index is 0.174. The molecule has 1 aromatic heterocycles. The fraction of sp³-hybridized carbons (Fsp3) is 0.227. The quantitative estimate of drug-likeness (QED) is 0.593. The fourth-order valence-electron chi connectivity index (χ4n) is 2.90. The molecule has 1 amide bonds. The van der Waals surface area contributed by atoms with Crippen molar-refractivity contribution in [3.8, 4) is 0 Å². The normalized spacial score (nSPS) is 11.6. The molecule has 0 fully saturated rings. The smallest absolute Gasteiger partial charge is 0.243 e. The van der Waals surface area contributed by atoms with Gasteiger partial charge in [0.2, 0.25) is 15.9 Å². The second kappa shape index (κ2) is 8.63. The lowest BCUT2D eigenvalue weighted by atomic mass is 10.1. The molecule has 3 aromatic rings. The lowest BCUT2D eigenvalue weighted by molar-refractivity contribution is -0.118. The highest BCUT2D eigenvalue weighted by Gasteiger charge is 2.26. The second-order valence-corrected chi connectivity index (χ2v) is 8.95. The number of carbonyl (C=O) groups excluding carboxylic acids is 1. The van der Waals surface area contributed by atoms with Crippen molar-refractivity contribution in [1.82, 2.24) is 4.31 Å². The van der Waals surface area contributed by atoms with Crippen LogP contribution in [0.5, 0.6) is 0 Å². The van der Waals surface area contributed by atoms with Crippen LogP contribution in [0, 0.1) is 13.8 Å². The number of anilines is 1. The first-order valence-electron chi connectivity index (χ1n) is 9.20. The maximum atomic E-state index is 13.1. The number of hydrogen-bond donors (Lipinski definition) is 0. The Bertz CT molecular complexity index is 1080. The molecule has 3 rings (SSSR count). The molecule has 0 aliphatic heterocycles. The van der Waals surface area contributed by atoms with Gasteiger partial charge in [0.25, 0.3) is 0 Å². The standard InChI is InChI=1S/C22H24N2O4S/c1-17-11-12-21(14-18(17)2)29(26,27)23(3)16-22(25)24(15-20-10-7-13-28-20)19-8-5-4-6-9-19/h4-14H,15-16H2,1-3H3. The van der Waals surface area contributed by atoms with Gasteiger partial charge in [-0.2, -0.15) is 4.31 Å². The molecule has 0 aliphatic rings. The molecule has 152 valence electrons. The number of furan rings is 1. The van der Waals surface area contributed by atoms with Crippen LogP contribution in [-0.4, -0.2) is 32.2 Å². The van der Waals surface area contributed by atoms with Gasteiger partial charge in [-0.25, -0.2) is 8.42 Å². The molecule has 0 saturated heterocycles. The van der Waals surface area contributed by atoms with Crippen LogP contribution in [0.1, 0.15) is 16.9 Å². The average Bonchev–Trinajstić information content (AvgIpc) is 3.22. The highest BCUT2D eigenvalue weighted by Crippen LogP contribution is 2.21. The number of benzene rings is 2. The summed E-state index contributed by atoms with van der Waals surface area (Å²) in [5.74, 6) is 0.268. The van der Waals surface area contributed by atoms with E-state index in [-0.39, 0.29) is 23.9 Å². The predicted molar refractivity (Wildman–Crippen MR) is 112 cm³/mol. The number of rotatable bonds is 7. The van der Waals surface area contributed by atoms with E-state index in [9.17, 15) is 13.2 Å². The van der Waals surface area contributed by atoms with E-state index in [0.29, 0.717) is 11.4 Å². The Morgan fingerprint density at radius 1 is 0.966 bits per heavy atom. The molecular weight excluding hydrogens is 388 g/mol. The van der Waals surface area contributed by atoms with Gasteiger partial charge in [-0.15, -0.1) is 0 Å². The lowest BCUT2D eigenvalue weighted by Crippen LogP contribution is -2.41. The number of nitrogens with zero attached hydrogens (tertiary/aromatic N) is 2. The van der Waals surface area contributed by atoms with Gasteiger partial charge in [-0.1, -0.05) is 24.3 Å². The number of carbonyl (C=O) groups is 1. The maximum Gasteiger partial charge on any atom is 0.243 e. The third-order valence-electron chi connectivity index (χ3n) is 4.81. The third-order valence-corrected chi connectivity index (χ3v) is 6.61. The first-order valence-corrected chi connectivity index (χ1v) is 10.6. The number of aryl methyl sites for hydroxylation is 2. The topological polar surface area (TPSA) is 70.8 Å². The zero-order valence-corrected chi connectivity index (χ0v) is 17.5. The molecule has 0 aliphatic carbocycles. The highest BCUT2D eigenvalue weighted by molar-refractivity contribution is 7.89. The second-order valence-electron chi connectivity index (χ2n) is 6.90. The highest BCUT2D eigenvalue weighted by atomic mass is 32.2. The van der Waals surface area contributed by atoms with E-state index in [1.54, 1.807) is 48.7 Å². The van der Waals surface area contributed by atoms with Gasteiger partial charge in [0.15, 0.2) is 0 Å². The molecule has 6 nitrogen and oxygen atoms in total. The van der Waals surface area contributed by atoms with Crippen molar-refractivity contribution < 1.29 is 17.6 Å². The molecular formula is C22H24N2O4S. The average molecular weight is 413 g/mol. The van der Waals surface area contributed by atoms with E-state index in [4.69, 9.17) is 4.42 Å². The van der Waals surface area contributed by atoms with Crippen LogP contribution in [-0.2, 0) is 21.4 Å². The predicted octanol–water partition coefficient (Wildman–Crippen LogP) is 3.75. The van der Waals surface area contributed by atoms with E-state index < -0.39 is 10.0 Å². The van der Waals surface area contributed by atoms with Gasteiger partial charge in [0.05, 0.1) is 24.2 Å². The van der Waals surface area contributed by atoms with Crippen molar-refractivity contribution in [2.24, 2.45) is 0 Å². The summed E-state index contributed by atoms with van der Waals surface area (Å²) in [4.78, 5) is 14.8. The number of likely N-dealkylation sites (N-methyl/N-ethyl adjacent to an activating group) is 1. The van der Waals surface area contributed by atoms with Crippen LogP contribution in [0.2, 0.25) is 0 Å². The molecule has 0 saturated carbocycles. The largest absolute Gasteiger partial charge is 0.467 e. The minimum Gasteiger partial charge on any atom is -0.467 e.